The van der Waals surface area contributed by atoms with E-state index in [2.05, 4.69) is 10.6 Å². The van der Waals surface area contributed by atoms with E-state index in [1.807, 2.05) is 0 Å². The van der Waals surface area contributed by atoms with Gasteiger partial charge in [-0.1, -0.05) is 0 Å². The third kappa shape index (κ3) is 2.65. The average molecular weight is 212 g/mol. The molecule has 1 heterocycles. The Hall–Kier alpha value is -1.16. The van der Waals surface area contributed by atoms with Gasteiger partial charge in [0.05, 0.1) is 5.69 Å². The quantitative estimate of drug-likeness (QED) is 0.784. The van der Waals surface area contributed by atoms with Crippen LogP contribution in [-0.2, 0) is 0 Å². The Kier molecular flexibility index (Phi) is 3.16. The standard InChI is InChI=1S/C11H14F2N2/c12-8-3-4-11(10(13)6-8)15-9-2-1-5-14-7-9/h3-4,6,9,14-15H,1-2,5,7H2. The van der Waals surface area contributed by atoms with Gasteiger partial charge in [-0.05, 0) is 31.5 Å². The summed E-state index contributed by atoms with van der Waals surface area (Å²) in [6.45, 7) is 1.85. The predicted molar refractivity (Wildman–Crippen MR) is 55.9 cm³/mol. The van der Waals surface area contributed by atoms with Crippen LogP contribution in [-0.4, -0.2) is 19.1 Å². The highest BCUT2D eigenvalue weighted by atomic mass is 19.1. The fourth-order valence-electron chi connectivity index (χ4n) is 1.80. The molecule has 0 radical (unpaired) electrons. The van der Waals surface area contributed by atoms with E-state index in [0.717, 1.165) is 32.0 Å². The highest BCUT2D eigenvalue weighted by molar-refractivity contribution is 5.45. The molecule has 1 aromatic carbocycles. The topological polar surface area (TPSA) is 24.1 Å². The molecule has 4 heteroatoms. The Morgan fingerprint density at radius 2 is 2.20 bits per heavy atom. The monoisotopic (exact) mass is 212 g/mol. The Labute approximate surface area is 87.7 Å². The molecule has 0 aromatic heterocycles. The molecule has 0 bridgehead atoms. The number of nitrogens with one attached hydrogen (secondary N) is 2. The van der Waals surface area contributed by atoms with Gasteiger partial charge in [-0.25, -0.2) is 8.78 Å². The first kappa shape index (κ1) is 10.4. The van der Waals surface area contributed by atoms with Gasteiger partial charge in [-0.3, -0.25) is 0 Å². The smallest absolute Gasteiger partial charge is 0.149 e. The molecule has 2 rings (SSSR count). The van der Waals surface area contributed by atoms with Crippen molar-refractivity contribution in [1.82, 2.24) is 5.32 Å². The largest absolute Gasteiger partial charge is 0.379 e. The van der Waals surface area contributed by atoms with Crippen molar-refractivity contribution in [3.8, 4) is 0 Å². The molecule has 15 heavy (non-hydrogen) atoms. The Morgan fingerprint density at radius 1 is 1.33 bits per heavy atom. The van der Waals surface area contributed by atoms with Crippen molar-refractivity contribution >= 4 is 5.69 Å². The lowest BCUT2D eigenvalue weighted by molar-refractivity contribution is 0.477. The summed E-state index contributed by atoms with van der Waals surface area (Å²) in [6, 6.07) is 3.85. The van der Waals surface area contributed by atoms with Gasteiger partial charge < -0.3 is 10.6 Å². The zero-order chi connectivity index (χ0) is 10.7. The zero-order valence-corrected chi connectivity index (χ0v) is 8.39. The van der Waals surface area contributed by atoms with E-state index in [1.165, 1.54) is 12.1 Å². The number of benzene rings is 1. The van der Waals surface area contributed by atoms with Gasteiger partial charge in [-0.15, -0.1) is 0 Å². The van der Waals surface area contributed by atoms with Crippen molar-refractivity contribution in [2.45, 2.75) is 18.9 Å². The maximum Gasteiger partial charge on any atom is 0.149 e. The van der Waals surface area contributed by atoms with Crippen LogP contribution >= 0.6 is 0 Å². The van der Waals surface area contributed by atoms with E-state index < -0.39 is 11.6 Å². The van der Waals surface area contributed by atoms with E-state index in [9.17, 15) is 8.78 Å². The number of anilines is 1. The summed E-state index contributed by atoms with van der Waals surface area (Å²) in [4.78, 5) is 0. The van der Waals surface area contributed by atoms with Gasteiger partial charge in [0.2, 0.25) is 0 Å². The Morgan fingerprint density at radius 3 is 2.87 bits per heavy atom. The summed E-state index contributed by atoms with van der Waals surface area (Å²) in [7, 11) is 0. The fraction of sp³-hybridized carbons (Fsp3) is 0.455. The average Bonchev–Trinajstić information content (AvgIpc) is 2.24. The summed E-state index contributed by atoms with van der Waals surface area (Å²) in [5, 5.41) is 6.30. The number of rotatable bonds is 2. The predicted octanol–water partition coefficient (Wildman–Crippen LogP) is 2.13. The van der Waals surface area contributed by atoms with Gasteiger partial charge >= 0.3 is 0 Å². The fourth-order valence-corrected chi connectivity index (χ4v) is 1.80. The summed E-state index contributed by atoms with van der Waals surface area (Å²) < 4.78 is 25.9. The maximum absolute atomic E-state index is 13.3. The molecule has 1 fully saturated rings. The van der Waals surface area contributed by atoms with Crippen LogP contribution in [0.2, 0.25) is 0 Å². The van der Waals surface area contributed by atoms with Crippen LogP contribution in [0.5, 0.6) is 0 Å². The minimum Gasteiger partial charge on any atom is -0.379 e. The van der Waals surface area contributed by atoms with Gasteiger partial charge in [0.25, 0.3) is 0 Å². The van der Waals surface area contributed by atoms with Crippen molar-refractivity contribution in [3.05, 3.63) is 29.8 Å². The normalized spacial score (nSPS) is 21.3. The first-order valence-electron chi connectivity index (χ1n) is 5.18. The SMILES string of the molecule is Fc1ccc(NC2CCCNC2)c(F)c1. The molecule has 0 amide bonds. The van der Waals surface area contributed by atoms with Crippen LogP contribution in [0.15, 0.2) is 18.2 Å². The minimum absolute atomic E-state index is 0.235. The third-order valence-electron chi connectivity index (χ3n) is 2.59. The van der Waals surface area contributed by atoms with Crippen molar-refractivity contribution in [1.29, 1.82) is 0 Å². The van der Waals surface area contributed by atoms with Gasteiger partial charge in [0.15, 0.2) is 0 Å². The lowest BCUT2D eigenvalue weighted by Gasteiger charge is -2.24. The van der Waals surface area contributed by atoms with Crippen molar-refractivity contribution < 1.29 is 8.78 Å². The highest BCUT2D eigenvalue weighted by Gasteiger charge is 2.14. The number of piperidine rings is 1. The summed E-state index contributed by atoms with van der Waals surface area (Å²) in [5.41, 5.74) is 0.380. The number of halogens is 2. The molecule has 82 valence electrons. The second kappa shape index (κ2) is 4.57. The maximum atomic E-state index is 13.3. The third-order valence-corrected chi connectivity index (χ3v) is 2.59. The van der Waals surface area contributed by atoms with Crippen LogP contribution in [0.25, 0.3) is 0 Å². The van der Waals surface area contributed by atoms with Gasteiger partial charge in [0, 0.05) is 18.7 Å². The van der Waals surface area contributed by atoms with Crippen LogP contribution in [0.3, 0.4) is 0 Å². The molecular weight excluding hydrogens is 198 g/mol. The lowest BCUT2D eigenvalue weighted by atomic mass is 10.1. The molecule has 1 aliphatic heterocycles. The Bertz CT molecular complexity index is 335. The molecule has 2 N–H and O–H groups in total. The molecule has 1 aromatic rings. The van der Waals surface area contributed by atoms with Crippen molar-refractivity contribution in [2.75, 3.05) is 18.4 Å². The van der Waals surface area contributed by atoms with Crippen molar-refractivity contribution in [2.24, 2.45) is 0 Å². The van der Waals surface area contributed by atoms with E-state index in [1.54, 1.807) is 0 Å². The number of hydrogen-bond acceptors (Lipinski definition) is 2. The van der Waals surface area contributed by atoms with Crippen LogP contribution in [0.4, 0.5) is 14.5 Å². The minimum atomic E-state index is -0.542. The molecule has 0 saturated carbocycles. The molecule has 1 saturated heterocycles. The van der Waals surface area contributed by atoms with E-state index >= 15 is 0 Å². The van der Waals surface area contributed by atoms with E-state index in [0.29, 0.717) is 5.69 Å². The summed E-state index contributed by atoms with van der Waals surface area (Å²) in [5.74, 6) is -1.07. The molecule has 2 nitrogen and oxygen atoms in total. The Balaban J connectivity index is 2.03. The molecule has 1 aliphatic rings. The second-order valence-corrected chi connectivity index (χ2v) is 3.81. The van der Waals surface area contributed by atoms with Crippen LogP contribution in [0.1, 0.15) is 12.8 Å². The molecule has 0 spiro atoms. The molecular formula is C11H14F2N2. The lowest BCUT2D eigenvalue weighted by Crippen LogP contribution is -2.38. The first-order chi connectivity index (χ1) is 7.25. The zero-order valence-electron chi connectivity index (χ0n) is 8.39. The highest BCUT2D eigenvalue weighted by Crippen LogP contribution is 2.17. The van der Waals surface area contributed by atoms with Crippen LogP contribution < -0.4 is 10.6 Å². The van der Waals surface area contributed by atoms with Crippen LogP contribution in [0, 0.1) is 11.6 Å². The first-order valence-corrected chi connectivity index (χ1v) is 5.18. The summed E-state index contributed by atoms with van der Waals surface area (Å²) >= 11 is 0. The van der Waals surface area contributed by atoms with E-state index in [-0.39, 0.29) is 6.04 Å². The molecule has 0 aliphatic carbocycles. The van der Waals surface area contributed by atoms with E-state index in [4.69, 9.17) is 0 Å². The van der Waals surface area contributed by atoms with Crippen molar-refractivity contribution in [3.63, 3.8) is 0 Å². The second-order valence-electron chi connectivity index (χ2n) is 3.81. The number of hydrogen-bond donors (Lipinski definition) is 2. The summed E-state index contributed by atoms with van der Waals surface area (Å²) in [6.07, 6.45) is 2.10. The molecule has 1 atom stereocenters. The van der Waals surface area contributed by atoms with Gasteiger partial charge in [-0.2, -0.15) is 0 Å². The molecule has 1 unspecified atom stereocenters. The van der Waals surface area contributed by atoms with Gasteiger partial charge in [0.1, 0.15) is 11.6 Å².